The number of nitrogens with zero attached hydrogens (tertiary/aromatic N) is 3. The topological polar surface area (TPSA) is 107 Å². The second kappa shape index (κ2) is 8.75. The van der Waals surface area contributed by atoms with Gasteiger partial charge in [-0.15, -0.1) is 0 Å². The number of aryl methyl sites for hydroxylation is 1. The molecule has 1 aromatic heterocycles. The smallest absolute Gasteiger partial charge is 0.327 e. The third-order valence-corrected chi connectivity index (χ3v) is 4.91. The number of rotatable bonds is 6. The molecule has 0 aliphatic carbocycles. The summed E-state index contributed by atoms with van der Waals surface area (Å²) < 4.78 is 6.16. The number of nitrogens with one attached hydrogen (secondary N) is 2. The first-order valence-corrected chi connectivity index (χ1v) is 9.25. The van der Waals surface area contributed by atoms with Crippen molar-refractivity contribution in [1.29, 1.82) is 0 Å². The Kier molecular flexibility index (Phi) is 6.15. The van der Waals surface area contributed by atoms with Gasteiger partial charge in [0.15, 0.2) is 0 Å². The van der Waals surface area contributed by atoms with Crippen molar-refractivity contribution >= 4 is 6.21 Å². The van der Waals surface area contributed by atoms with Crippen molar-refractivity contribution in [2.24, 2.45) is 5.10 Å². The van der Waals surface area contributed by atoms with Crippen molar-refractivity contribution in [3.63, 3.8) is 0 Å². The first kappa shape index (κ1) is 19.7. The number of aromatic nitrogens is 2. The van der Waals surface area contributed by atoms with Gasteiger partial charge in [0.2, 0.25) is 0 Å². The monoisotopic (exact) mass is 387 g/mol. The van der Waals surface area contributed by atoms with E-state index in [9.17, 15) is 14.7 Å². The molecular weight excluding hydrogens is 362 g/mol. The predicted molar refractivity (Wildman–Crippen MR) is 103 cm³/mol. The van der Waals surface area contributed by atoms with Crippen LogP contribution >= 0.6 is 0 Å². The second-order valence-electron chi connectivity index (χ2n) is 6.88. The quantitative estimate of drug-likeness (QED) is 0.559. The van der Waals surface area contributed by atoms with E-state index in [0.717, 1.165) is 42.1 Å². The predicted octanol–water partition coefficient (Wildman–Crippen LogP) is -1.97. The third-order valence-electron chi connectivity index (χ3n) is 4.91. The van der Waals surface area contributed by atoms with Crippen LogP contribution in [0.15, 0.2) is 39.0 Å². The number of quaternary nitrogens is 1. The lowest BCUT2D eigenvalue weighted by Crippen LogP contribution is -3.11. The molecule has 0 amide bonds. The summed E-state index contributed by atoms with van der Waals surface area (Å²) in [5.74, 6) is 0.115. The zero-order valence-electron chi connectivity index (χ0n) is 16.1. The van der Waals surface area contributed by atoms with Crippen LogP contribution < -0.4 is 26.0 Å². The van der Waals surface area contributed by atoms with Gasteiger partial charge in [-0.2, -0.15) is 5.10 Å². The second-order valence-corrected chi connectivity index (χ2v) is 6.88. The van der Waals surface area contributed by atoms with Crippen LogP contribution in [0.4, 0.5) is 0 Å². The molecule has 2 N–H and O–H groups in total. The highest BCUT2D eigenvalue weighted by Crippen LogP contribution is 2.13. The van der Waals surface area contributed by atoms with E-state index in [1.54, 1.807) is 7.11 Å². The molecule has 0 atom stereocenters. The molecule has 1 fully saturated rings. The molecule has 0 unspecified atom stereocenters. The summed E-state index contributed by atoms with van der Waals surface area (Å²) in [6.45, 7) is 3.56. The van der Waals surface area contributed by atoms with Crippen LogP contribution in [0.5, 0.6) is 11.6 Å². The Labute approximate surface area is 162 Å². The number of ether oxygens (including phenoxy) is 1. The number of H-pyrrole nitrogens is 1. The zero-order valence-corrected chi connectivity index (χ0v) is 16.1. The average Bonchev–Trinajstić information content (AvgIpc) is 2.69. The molecule has 2 aromatic rings. The van der Waals surface area contributed by atoms with Gasteiger partial charge in [-0.25, -0.2) is 4.79 Å². The lowest BCUT2D eigenvalue weighted by molar-refractivity contribution is -0.884. The first-order chi connectivity index (χ1) is 13.5. The highest BCUT2D eigenvalue weighted by molar-refractivity contribution is 5.81. The zero-order chi connectivity index (χ0) is 20.1. The molecule has 1 saturated heterocycles. The fourth-order valence-electron chi connectivity index (χ4n) is 3.05. The average molecular weight is 387 g/mol. The molecule has 28 heavy (non-hydrogen) atoms. The van der Waals surface area contributed by atoms with Gasteiger partial charge >= 0.3 is 5.69 Å². The van der Waals surface area contributed by atoms with Crippen LogP contribution in [0.3, 0.4) is 0 Å². The van der Waals surface area contributed by atoms with Crippen LogP contribution in [-0.2, 0) is 13.0 Å². The van der Waals surface area contributed by atoms with E-state index < -0.39 is 17.1 Å². The number of hydrogen-bond donors (Lipinski definition) is 2. The van der Waals surface area contributed by atoms with Crippen LogP contribution in [0.25, 0.3) is 0 Å². The standard InChI is InChI=1S/C19H25N5O4/c1-22-9-11-23(12-10-22)20-13-16-17(25)21-19(27)24(18(16)26)8-7-14-3-5-15(28-2)6-4-14/h3-6,13,26H,7-12H2,1-2H3,(H,21,25,27)/b20-13+. The molecular formula is C19H25N5O4. The normalized spacial score (nSPS) is 15.3. The highest BCUT2D eigenvalue weighted by Gasteiger charge is 2.14. The fraction of sp³-hybridized carbons (Fsp3) is 0.421. The van der Waals surface area contributed by atoms with E-state index in [-0.39, 0.29) is 12.1 Å². The number of benzene rings is 1. The van der Waals surface area contributed by atoms with E-state index in [1.807, 2.05) is 29.3 Å². The Bertz CT molecular complexity index is 940. The molecule has 0 saturated carbocycles. The third kappa shape index (κ3) is 4.61. The number of methoxy groups -OCH3 is 1. The van der Waals surface area contributed by atoms with Crippen molar-refractivity contribution < 1.29 is 14.7 Å². The minimum atomic E-state index is -0.709. The summed E-state index contributed by atoms with van der Waals surface area (Å²) >= 11 is 0. The minimum absolute atomic E-state index is 0.124. The highest BCUT2D eigenvalue weighted by atomic mass is 16.5. The Balaban J connectivity index is 1.77. The van der Waals surface area contributed by atoms with Gasteiger partial charge < -0.3 is 19.3 Å². The number of piperazine rings is 1. The van der Waals surface area contributed by atoms with Gasteiger partial charge in [0, 0.05) is 6.54 Å². The van der Waals surface area contributed by atoms with E-state index >= 15 is 0 Å². The van der Waals surface area contributed by atoms with E-state index in [1.165, 1.54) is 11.1 Å². The maximum absolute atomic E-state index is 12.7. The molecule has 0 bridgehead atoms. The van der Waals surface area contributed by atoms with Gasteiger partial charge in [-0.05, 0) is 30.0 Å². The molecule has 9 nitrogen and oxygen atoms in total. The largest absolute Gasteiger partial charge is 0.859 e. The van der Waals surface area contributed by atoms with Crippen molar-refractivity contribution in [2.75, 3.05) is 40.3 Å². The molecule has 3 rings (SSSR count). The van der Waals surface area contributed by atoms with Crippen molar-refractivity contribution in [1.82, 2.24) is 14.6 Å². The molecule has 1 aromatic carbocycles. The SMILES string of the molecule is COc1ccc(CCn2c([O-])c(/C=N/N3CC[NH+](C)CC3)c(=O)[nH]c2=O)cc1. The van der Waals surface area contributed by atoms with Gasteiger partial charge in [0.25, 0.3) is 5.56 Å². The fourth-order valence-corrected chi connectivity index (χ4v) is 3.05. The van der Waals surface area contributed by atoms with Crippen LogP contribution in [0.2, 0.25) is 0 Å². The van der Waals surface area contributed by atoms with Crippen LogP contribution in [-0.4, -0.2) is 61.1 Å². The van der Waals surface area contributed by atoms with Gasteiger partial charge in [0.05, 0.1) is 52.1 Å². The Morgan fingerprint density at radius 2 is 1.93 bits per heavy atom. The van der Waals surface area contributed by atoms with Gasteiger partial charge in [-0.1, -0.05) is 12.1 Å². The molecule has 1 aliphatic heterocycles. The summed E-state index contributed by atoms with van der Waals surface area (Å²) in [6.07, 6.45) is 1.74. The lowest BCUT2D eigenvalue weighted by atomic mass is 10.1. The summed E-state index contributed by atoms with van der Waals surface area (Å²) in [4.78, 5) is 27.8. The number of aromatic amines is 1. The lowest BCUT2D eigenvalue weighted by Gasteiger charge is -2.27. The van der Waals surface area contributed by atoms with Gasteiger partial charge in [0.1, 0.15) is 5.75 Å². The number of hydrazone groups is 1. The van der Waals surface area contributed by atoms with Gasteiger partial charge in [-0.3, -0.25) is 14.8 Å². The van der Waals surface area contributed by atoms with E-state index in [0.29, 0.717) is 6.42 Å². The number of likely N-dealkylation sites (N-methyl/N-ethyl adjacent to an activating group) is 1. The number of hydrogen-bond acceptors (Lipinski definition) is 6. The van der Waals surface area contributed by atoms with Crippen LogP contribution in [0, 0.1) is 0 Å². The maximum Gasteiger partial charge on any atom is 0.327 e. The molecule has 2 heterocycles. The van der Waals surface area contributed by atoms with E-state index in [4.69, 9.17) is 4.74 Å². The van der Waals surface area contributed by atoms with E-state index in [2.05, 4.69) is 17.1 Å². The summed E-state index contributed by atoms with van der Waals surface area (Å²) in [5, 5.41) is 18.8. The molecule has 1 aliphatic rings. The minimum Gasteiger partial charge on any atom is -0.859 e. The van der Waals surface area contributed by atoms with Crippen molar-refractivity contribution in [3.8, 4) is 11.6 Å². The van der Waals surface area contributed by atoms with Crippen molar-refractivity contribution in [3.05, 3.63) is 56.2 Å². The molecule has 150 valence electrons. The van der Waals surface area contributed by atoms with Crippen LogP contribution in [0.1, 0.15) is 11.1 Å². The summed E-state index contributed by atoms with van der Waals surface area (Å²) in [5.41, 5.74) is -0.586. The Morgan fingerprint density at radius 1 is 1.25 bits per heavy atom. The molecule has 0 spiro atoms. The molecule has 0 radical (unpaired) electrons. The first-order valence-electron chi connectivity index (χ1n) is 9.25. The summed E-state index contributed by atoms with van der Waals surface area (Å²) in [7, 11) is 3.70. The summed E-state index contributed by atoms with van der Waals surface area (Å²) in [6, 6.07) is 7.38. The Morgan fingerprint density at radius 3 is 2.57 bits per heavy atom. The van der Waals surface area contributed by atoms with Crippen molar-refractivity contribution in [2.45, 2.75) is 13.0 Å². The Hall–Kier alpha value is -3.07. The molecule has 9 heteroatoms. The maximum atomic E-state index is 12.7.